The van der Waals surface area contributed by atoms with Crippen LogP contribution in [0, 0.1) is 0 Å². The number of nitrogens with zero attached hydrogens (tertiary/aromatic N) is 1. The zero-order valence-electron chi connectivity index (χ0n) is 11.4. The molecule has 1 aromatic rings. The molecule has 0 saturated carbocycles. The number of nitrogen functional groups attached to an aromatic ring is 1. The SMILES string of the molecule is COC1(C)CCCN(Cc2cc(Cl)c(N)c(Cl)c2)C1. The van der Waals surface area contributed by atoms with Gasteiger partial charge in [-0.05, 0) is 44.0 Å². The van der Waals surface area contributed by atoms with Crippen LogP contribution in [0.5, 0.6) is 0 Å². The first-order valence-electron chi connectivity index (χ1n) is 6.44. The van der Waals surface area contributed by atoms with Crippen LogP contribution in [0.25, 0.3) is 0 Å². The normalized spacial score (nSPS) is 24.6. The van der Waals surface area contributed by atoms with E-state index in [1.165, 1.54) is 0 Å². The highest BCUT2D eigenvalue weighted by atomic mass is 35.5. The highest BCUT2D eigenvalue weighted by Gasteiger charge is 2.30. The first kappa shape index (κ1) is 14.9. The third-order valence-electron chi connectivity index (χ3n) is 3.78. The maximum Gasteiger partial charge on any atom is 0.0777 e. The average Bonchev–Trinajstić information content (AvgIpc) is 2.36. The Hall–Kier alpha value is -0.480. The van der Waals surface area contributed by atoms with E-state index in [9.17, 15) is 0 Å². The van der Waals surface area contributed by atoms with Crippen LogP contribution in [0.1, 0.15) is 25.3 Å². The quantitative estimate of drug-likeness (QED) is 0.868. The van der Waals surface area contributed by atoms with Crippen molar-refractivity contribution < 1.29 is 4.74 Å². The second-order valence-electron chi connectivity index (χ2n) is 5.44. The molecule has 5 heteroatoms. The molecule has 1 atom stereocenters. The Morgan fingerprint density at radius 2 is 2.00 bits per heavy atom. The van der Waals surface area contributed by atoms with Crippen molar-refractivity contribution in [2.45, 2.75) is 31.9 Å². The van der Waals surface area contributed by atoms with Gasteiger partial charge in [0.15, 0.2) is 0 Å². The van der Waals surface area contributed by atoms with Crippen LogP contribution in [0.2, 0.25) is 10.0 Å². The Labute approximate surface area is 124 Å². The van der Waals surface area contributed by atoms with Crippen molar-refractivity contribution in [2.75, 3.05) is 25.9 Å². The van der Waals surface area contributed by atoms with E-state index in [1.807, 2.05) is 12.1 Å². The van der Waals surface area contributed by atoms with Gasteiger partial charge in [-0.3, -0.25) is 4.90 Å². The van der Waals surface area contributed by atoms with Crippen molar-refractivity contribution in [3.8, 4) is 0 Å². The lowest BCUT2D eigenvalue weighted by molar-refractivity contribution is -0.0526. The van der Waals surface area contributed by atoms with Gasteiger partial charge in [-0.1, -0.05) is 23.2 Å². The molecule has 0 aliphatic carbocycles. The Morgan fingerprint density at radius 3 is 2.58 bits per heavy atom. The van der Waals surface area contributed by atoms with Gasteiger partial charge in [0, 0.05) is 20.2 Å². The molecule has 3 nitrogen and oxygen atoms in total. The summed E-state index contributed by atoms with van der Waals surface area (Å²) in [5.41, 5.74) is 7.23. The van der Waals surface area contributed by atoms with Crippen molar-refractivity contribution in [3.63, 3.8) is 0 Å². The van der Waals surface area contributed by atoms with Crippen LogP contribution in [0.15, 0.2) is 12.1 Å². The van der Waals surface area contributed by atoms with E-state index in [1.54, 1.807) is 7.11 Å². The number of anilines is 1. The fourth-order valence-corrected chi connectivity index (χ4v) is 3.13. The van der Waals surface area contributed by atoms with Crippen LogP contribution >= 0.6 is 23.2 Å². The number of likely N-dealkylation sites (tertiary alicyclic amines) is 1. The zero-order chi connectivity index (χ0) is 14.0. The third kappa shape index (κ3) is 3.54. The Bertz CT molecular complexity index is 444. The molecular formula is C14H20Cl2N2O. The molecule has 19 heavy (non-hydrogen) atoms. The van der Waals surface area contributed by atoms with Crippen LogP contribution in [0.4, 0.5) is 5.69 Å². The first-order valence-corrected chi connectivity index (χ1v) is 7.20. The lowest BCUT2D eigenvalue weighted by atomic mass is 9.94. The van der Waals surface area contributed by atoms with Gasteiger partial charge in [0.25, 0.3) is 0 Å². The largest absolute Gasteiger partial charge is 0.396 e. The summed E-state index contributed by atoms with van der Waals surface area (Å²) in [7, 11) is 1.78. The molecule has 0 aromatic heterocycles. The van der Waals surface area contributed by atoms with E-state index in [0.717, 1.165) is 38.0 Å². The summed E-state index contributed by atoms with van der Waals surface area (Å²) in [5, 5.41) is 1.04. The summed E-state index contributed by atoms with van der Waals surface area (Å²) in [4.78, 5) is 2.37. The fraction of sp³-hybridized carbons (Fsp3) is 0.571. The number of nitrogens with two attached hydrogens (primary N) is 1. The van der Waals surface area contributed by atoms with Crippen LogP contribution < -0.4 is 5.73 Å². The smallest absolute Gasteiger partial charge is 0.0777 e. The number of ether oxygens (including phenoxy) is 1. The minimum absolute atomic E-state index is 0.0559. The molecule has 1 heterocycles. The Morgan fingerprint density at radius 1 is 1.37 bits per heavy atom. The van der Waals surface area contributed by atoms with Gasteiger partial charge in [-0.15, -0.1) is 0 Å². The van der Waals surface area contributed by atoms with E-state index in [2.05, 4.69) is 11.8 Å². The topological polar surface area (TPSA) is 38.5 Å². The number of piperidine rings is 1. The van der Waals surface area contributed by atoms with Gasteiger partial charge in [0.1, 0.15) is 0 Å². The summed E-state index contributed by atoms with van der Waals surface area (Å²) in [6.45, 7) is 4.96. The zero-order valence-corrected chi connectivity index (χ0v) is 12.9. The Kier molecular flexibility index (Phi) is 4.62. The number of rotatable bonds is 3. The van der Waals surface area contributed by atoms with Gasteiger partial charge in [-0.25, -0.2) is 0 Å². The van der Waals surface area contributed by atoms with E-state index in [4.69, 9.17) is 33.7 Å². The van der Waals surface area contributed by atoms with E-state index in [-0.39, 0.29) is 5.60 Å². The maximum atomic E-state index is 6.07. The molecule has 2 N–H and O–H groups in total. The molecular weight excluding hydrogens is 283 g/mol. The molecule has 1 aliphatic heterocycles. The summed E-state index contributed by atoms with van der Waals surface area (Å²) in [6, 6.07) is 3.78. The average molecular weight is 303 g/mol. The summed E-state index contributed by atoms with van der Waals surface area (Å²) >= 11 is 12.1. The number of hydrogen-bond donors (Lipinski definition) is 1. The molecule has 106 valence electrons. The van der Waals surface area contributed by atoms with Crippen molar-refractivity contribution in [3.05, 3.63) is 27.7 Å². The molecule has 0 amide bonds. The summed E-state index contributed by atoms with van der Waals surface area (Å²) < 4.78 is 5.60. The summed E-state index contributed by atoms with van der Waals surface area (Å²) in [6.07, 6.45) is 2.24. The first-order chi connectivity index (χ1) is 8.93. The highest BCUT2D eigenvalue weighted by molar-refractivity contribution is 6.38. The monoisotopic (exact) mass is 302 g/mol. The van der Waals surface area contributed by atoms with Crippen molar-refractivity contribution in [1.29, 1.82) is 0 Å². The van der Waals surface area contributed by atoms with Gasteiger partial charge < -0.3 is 10.5 Å². The number of hydrogen-bond acceptors (Lipinski definition) is 3. The van der Waals surface area contributed by atoms with Crippen LogP contribution in [-0.4, -0.2) is 30.7 Å². The second-order valence-corrected chi connectivity index (χ2v) is 6.26. The van der Waals surface area contributed by atoms with Gasteiger partial charge >= 0.3 is 0 Å². The second kappa shape index (κ2) is 5.88. The lowest BCUT2D eigenvalue weighted by Crippen LogP contribution is -2.46. The van der Waals surface area contributed by atoms with Crippen molar-refractivity contribution in [1.82, 2.24) is 4.90 Å². The van der Waals surface area contributed by atoms with Crippen LogP contribution in [-0.2, 0) is 11.3 Å². The predicted octanol–water partition coefficient (Wildman–Crippen LogP) is 3.58. The van der Waals surface area contributed by atoms with Gasteiger partial charge in [0.2, 0.25) is 0 Å². The maximum absolute atomic E-state index is 6.07. The lowest BCUT2D eigenvalue weighted by Gasteiger charge is -2.39. The van der Waals surface area contributed by atoms with E-state index >= 15 is 0 Å². The Balaban J connectivity index is 2.09. The number of benzene rings is 1. The highest BCUT2D eigenvalue weighted by Crippen LogP contribution is 2.30. The van der Waals surface area contributed by atoms with E-state index < -0.39 is 0 Å². The molecule has 1 fully saturated rings. The number of methoxy groups -OCH3 is 1. The molecule has 1 aromatic carbocycles. The predicted molar refractivity (Wildman–Crippen MR) is 80.8 cm³/mol. The van der Waals surface area contributed by atoms with E-state index in [0.29, 0.717) is 15.7 Å². The molecule has 1 saturated heterocycles. The molecule has 0 radical (unpaired) electrons. The molecule has 2 rings (SSSR count). The van der Waals surface area contributed by atoms with Crippen molar-refractivity contribution >= 4 is 28.9 Å². The summed E-state index contributed by atoms with van der Waals surface area (Å²) in [5.74, 6) is 0. The van der Waals surface area contributed by atoms with Crippen LogP contribution in [0.3, 0.4) is 0 Å². The molecule has 1 unspecified atom stereocenters. The molecule has 0 spiro atoms. The van der Waals surface area contributed by atoms with Gasteiger partial charge in [-0.2, -0.15) is 0 Å². The number of halogens is 2. The minimum atomic E-state index is -0.0559. The fourth-order valence-electron chi connectivity index (χ4n) is 2.60. The standard InChI is InChI=1S/C14H20Cl2N2O/c1-14(19-2)4-3-5-18(9-14)8-10-6-11(15)13(17)12(16)7-10/h6-7H,3-5,8-9,17H2,1-2H3. The van der Waals surface area contributed by atoms with Crippen molar-refractivity contribution in [2.24, 2.45) is 0 Å². The molecule has 1 aliphatic rings. The van der Waals surface area contributed by atoms with Gasteiger partial charge in [0.05, 0.1) is 21.3 Å². The third-order valence-corrected chi connectivity index (χ3v) is 4.40. The minimum Gasteiger partial charge on any atom is -0.396 e. The molecule has 0 bridgehead atoms.